The van der Waals surface area contributed by atoms with Gasteiger partial charge < -0.3 is 10.2 Å². The molecule has 1 unspecified atom stereocenters. The molecule has 5 rings (SSSR count). The van der Waals surface area contributed by atoms with E-state index >= 15 is 0 Å². The van der Waals surface area contributed by atoms with Crippen molar-refractivity contribution in [2.75, 3.05) is 16.8 Å². The van der Waals surface area contributed by atoms with Crippen molar-refractivity contribution in [3.63, 3.8) is 0 Å². The predicted molar refractivity (Wildman–Crippen MR) is 148 cm³/mol. The number of amides is 2. The molecule has 0 bridgehead atoms. The highest BCUT2D eigenvalue weighted by atomic mass is 35.5. The molecule has 0 saturated heterocycles. The number of benzene rings is 3. The minimum absolute atomic E-state index is 0.101. The third-order valence-electron chi connectivity index (χ3n) is 6.87. The lowest BCUT2D eigenvalue weighted by molar-refractivity contribution is 0.0985. The Balaban J connectivity index is 1.41. The summed E-state index contributed by atoms with van der Waals surface area (Å²) >= 11 is 12.6. The molecule has 194 valence electrons. The van der Waals surface area contributed by atoms with Gasteiger partial charge in [0, 0.05) is 42.0 Å². The topological polar surface area (TPSA) is 93.0 Å². The summed E-state index contributed by atoms with van der Waals surface area (Å²) in [5.74, 6) is 0.494. The molecule has 10 heteroatoms. The molecule has 0 aliphatic carbocycles. The summed E-state index contributed by atoms with van der Waals surface area (Å²) in [6.45, 7) is 2.44. The summed E-state index contributed by atoms with van der Waals surface area (Å²) in [7, 11) is 1.82. The van der Waals surface area contributed by atoms with Crippen LogP contribution in [0.1, 0.15) is 56.4 Å². The molecule has 0 saturated carbocycles. The fourth-order valence-electron chi connectivity index (χ4n) is 4.90. The van der Waals surface area contributed by atoms with Crippen molar-refractivity contribution in [2.24, 2.45) is 7.05 Å². The first-order valence-electron chi connectivity index (χ1n) is 12.3. The molecule has 4 aromatic rings. The molecule has 0 radical (unpaired) electrons. The van der Waals surface area contributed by atoms with Gasteiger partial charge in [0.15, 0.2) is 5.82 Å². The van der Waals surface area contributed by atoms with Crippen molar-refractivity contribution in [1.29, 1.82) is 0 Å². The van der Waals surface area contributed by atoms with Gasteiger partial charge in [-0.15, -0.1) is 5.10 Å². The highest BCUT2D eigenvalue weighted by Gasteiger charge is 2.29. The summed E-state index contributed by atoms with van der Waals surface area (Å²) in [6.07, 6.45) is 2.34. The van der Waals surface area contributed by atoms with Crippen LogP contribution in [-0.2, 0) is 13.5 Å². The number of halogens is 2. The van der Waals surface area contributed by atoms with E-state index in [1.54, 1.807) is 47.1 Å². The van der Waals surface area contributed by atoms with Gasteiger partial charge in [-0.05, 0) is 95.8 Å². The van der Waals surface area contributed by atoms with E-state index in [1.807, 2.05) is 37.1 Å². The Bertz CT molecular complexity index is 1520. The van der Waals surface area contributed by atoms with Gasteiger partial charge in [0.2, 0.25) is 0 Å². The number of hydrogen-bond donors (Lipinski definition) is 1. The van der Waals surface area contributed by atoms with Crippen molar-refractivity contribution in [2.45, 2.75) is 32.1 Å². The van der Waals surface area contributed by atoms with Crippen molar-refractivity contribution >= 4 is 46.4 Å². The fourth-order valence-corrected chi connectivity index (χ4v) is 5.31. The number of hydrogen-bond acceptors (Lipinski definition) is 5. The average Bonchev–Trinajstić information content (AvgIpc) is 3.21. The first-order valence-corrected chi connectivity index (χ1v) is 13.1. The second kappa shape index (κ2) is 10.9. The van der Waals surface area contributed by atoms with Gasteiger partial charge in [0.05, 0.1) is 10.6 Å². The number of tetrazole rings is 1. The third kappa shape index (κ3) is 5.28. The van der Waals surface area contributed by atoms with Crippen LogP contribution in [0.2, 0.25) is 10.0 Å². The van der Waals surface area contributed by atoms with E-state index in [0.717, 1.165) is 35.5 Å². The number of aryl methyl sites for hydroxylation is 2. The number of nitrogens with zero attached hydrogens (tertiary/aromatic N) is 5. The zero-order chi connectivity index (χ0) is 26.8. The zero-order valence-corrected chi connectivity index (χ0v) is 22.5. The Morgan fingerprint density at radius 3 is 2.61 bits per heavy atom. The average molecular weight is 549 g/mol. The molecule has 1 aliphatic heterocycles. The molecule has 1 N–H and O–H groups in total. The van der Waals surface area contributed by atoms with Gasteiger partial charge in [-0.25, -0.2) is 4.68 Å². The van der Waals surface area contributed by atoms with E-state index < -0.39 is 0 Å². The Morgan fingerprint density at radius 2 is 1.87 bits per heavy atom. The van der Waals surface area contributed by atoms with Crippen molar-refractivity contribution < 1.29 is 9.59 Å². The largest absolute Gasteiger partial charge is 0.322 e. The number of anilines is 2. The highest BCUT2D eigenvalue weighted by Crippen LogP contribution is 2.38. The van der Waals surface area contributed by atoms with E-state index in [2.05, 4.69) is 20.8 Å². The maximum atomic E-state index is 13.9. The van der Waals surface area contributed by atoms with E-state index in [9.17, 15) is 9.59 Å². The highest BCUT2D eigenvalue weighted by molar-refractivity contribution is 6.34. The molecule has 0 fully saturated rings. The van der Waals surface area contributed by atoms with Crippen LogP contribution in [0, 0.1) is 6.92 Å². The third-order valence-corrected chi connectivity index (χ3v) is 7.43. The van der Waals surface area contributed by atoms with Crippen LogP contribution in [0.15, 0.2) is 60.7 Å². The molecular weight excluding hydrogens is 523 g/mol. The number of carbonyl (C=O) groups is 2. The summed E-state index contributed by atoms with van der Waals surface area (Å²) in [4.78, 5) is 28.4. The fraction of sp³-hybridized carbons (Fsp3) is 0.250. The smallest absolute Gasteiger partial charge is 0.258 e. The van der Waals surface area contributed by atoms with Crippen LogP contribution in [0.3, 0.4) is 0 Å². The van der Waals surface area contributed by atoms with Crippen molar-refractivity contribution in [3.05, 3.63) is 98.8 Å². The number of carbonyl (C=O) groups excluding carboxylic acids is 2. The lowest BCUT2D eigenvalue weighted by Gasteiger charge is -2.25. The second-order valence-corrected chi connectivity index (χ2v) is 10.2. The quantitative estimate of drug-likeness (QED) is 0.338. The van der Waals surface area contributed by atoms with Gasteiger partial charge in [0.25, 0.3) is 11.8 Å². The van der Waals surface area contributed by atoms with Crippen LogP contribution in [0.4, 0.5) is 11.4 Å². The molecule has 8 nitrogen and oxygen atoms in total. The van der Waals surface area contributed by atoms with Crippen LogP contribution in [0.25, 0.3) is 0 Å². The standard InChI is InChI=1S/C28H26Cl2N6O2/c1-17-14-20(31-27(37)22-7-3-4-8-24(22)30)10-11-21(17)28(38)36-13-5-6-18(15-26-32-33-34-35(26)2)23-16-19(29)9-12-25(23)36/h3-4,7-12,14,16,18H,5-6,13,15H2,1-2H3,(H,31,37). The second-order valence-electron chi connectivity index (χ2n) is 9.39. The van der Waals surface area contributed by atoms with Gasteiger partial charge in [-0.1, -0.05) is 35.3 Å². The summed E-state index contributed by atoms with van der Waals surface area (Å²) < 4.78 is 1.67. The van der Waals surface area contributed by atoms with E-state index in [-0.39, 0.29) is 17.7 Å². The predicted octanol–water partition coefficient (Wildman–Crippen LogP) is 5.84. The Labute approximate surface area is 230 Å². The van der Waals surface area contributed by atoms with Gasteiger partial charge in [-0.2, -0.15) is 0 Å². The van der Waals surface area contributed by atoms with E-state index in [1.165, 1.54) is 0 Å². The van der Waals surface area contributed by atoms with Gasteiger partial charge >= 0.3 is 0 Å². The Hall–Kier alpha value is -3.75. The SMILES string of the molecule is Cc1cc(NC(=O)c2ccccc2Cl)ccc1C(=O)N1CCCC(Cc2nnnn2C)c2cc(Cl)ccc21. The van der Waals surface area contributed by atoms with Crippen molar-refractivity contribution in [1.82, 2.24) is 20.2 Å². The Kier molecular flexibility index (Phi) is 7.44. The molecule has 3 aromatic carbocycles. The molecule has 1 aliphatic rings. The molecular formula is C28H26Cl2N6O2. The normalized spacial score (nSPS) is 15.1. The Morgan fingerprint density at radius 1 is 1.05 bits per heavy atom. The molecule has 0 spiro atoms. The molecule has 2 amide bonds. The first kappa shape index (κ1) is 25.9. The maximum Gasteiger partial charge on any atom is 0.258 e. The minimum Gasteiger partial charge on any atom is -0.322 e. The van der Waals surface area contributed by atoms with Gasteiger partial charge in [0.1, 0.15) is 0 Å². The maximum absolute atomic E-state index is 13.9. The molecule has 2 heterocycles. The first-order chi connectivity index (χ1) is 18.3. The summed E-state index contributed by atoms with van der Waals surface area (Å²) in [5.41, 5.74) is 4.15. The number of nitrogens with one attached hydrogen (secondary N) is 1. The molecule has 1 aromatic heterocycles. The molecule has 38 heavy (non-hydrogen) atoms. The van der Waals surface area contributed by atoms with Crippen LogP contribution < -0.4 is 10.2 Å². The lowest BCUT2D eigenvalue weighted by Crippen LogP contribution is -2.32. The van der Waals surface area contributed by atoms with Crippen LogP contribution in [0.5, 0.6) is 0 Å². The molecule has 1 atom stereocenters. The number of aromatic nitrogens is 4. The van der Waals surface area contributed by atoms with Gasteiger partial charge in [-0.3, -0.25) is 9.59 Å². The number of rotatable bonds is 5. The summed E-state index contributed by atoms with van der Waals surface area (Å²) in [5, 5.41) is 15.7. The minimum atomic E-state index is -0.309. The van der Waals surface area contributed by atoms with Crippen molar-refractivity contribution in [3.8, 4) is 0 Å². The van der Waals surface area contributed by atoms with Crippen LogP contribution >= 0.6 is 23.2 Å². The van der Waals surface area contributed by atoms with Crippen LogP contribution in [-0.4, -0.2) is 38.6 Å². The van der Waals surface area contributed by atoms with E-state index in [4.69, 9.17) is 23.2 Å². The number of fused-ring (bicyclic) bond motifs is 1. The summed E-state index contributed by atoms with van der Waals surface area (Å²) in [6, 6.07) is 17.8. The zero-order valence-electron chi connectivity index (χ0n) is 21.0. The van der Waals surface area contributed by atoms with E-state index in [0.29, 0.717) is 39.8 Å². The lowest BCUT2D eigenvalue weighted by atomic mass is 9.90. The monoisotopic (exact) mass is 548 g/mol.